The number of hydrogen-bond acceptors (Lipinski definition) is 1. The highest BCUT2D eigenvalue weighted by atomic mass is 16.5. The third-order valence-electron chi connectivity index (χ3n) is 3.28. The maximum Gasteiger partial charge on any atom is 0.135 e. The molecule has 0 saturated carbocycles. The van der Waals surface area contributed by atoms with Crippen LogP contribution in [0.3, 0.4) is 0 Å². The fraction of sp³-hybridized carbons (Fsp3) is 0. The third kappa shape index (κ3) is 1.19. The Labute approximate surface area is 99.8 Å². The molecule has 1 nitrogen and oxygen atoms in total. The van der Waals surface area contributed by atoms with Crippen LogP contribution in [-0.4, -0.2) is 0 Å². The molecule has 0 radical (unpaired) electrons. The van der Waals surface area contributed by atoms with Gasteiger partial charge in [-0.15, -0.1) is 0 Å². The van der Waals surface area contributed by atoms with Gasteiger partial charge in [0.2, 0.25) is 0 Å². The van der Waals surface area contributed by atoms with Gasteiger partial charge in [0, 0.05) is 11.1 Å². The number of ether oxygens (including phenoxy) is 1. The van der Waals surface area contributed by atoms with Gasteiger partial charge in [-0.2, -0.15) is 0 Å². The normalized spacial score (nSPS) is 22.6. The minimum absolute atomic E-state index is 0.943. The molecule has 80 valence electrons. The molecule has 0 atom stereocenters. The summed E-state index contributed by atoms with van der Waals surface area (Å²) in [7, 11) is 0. The fourth-order valence-electron chi connectivity index (χ4n) is 2.41. The first kappa shape index (κ1) is 8.82. The minimum atomic E-state index is 0.943. The standard InChI is InChI=1S/C16H10O/c1-3-11-7-9-15(13(11)5-1)17-16-10-8-12-4-2-6-14(12)16/h1-10H. The molecule has 0 saturated heterocycles. The molecular formula is C16H10O. The Morgan fingerprint density at radius 1 is 0.588 bits per heavy atom. The Bertz CT molecular complexity index is 598. The van der Waals surface area contributed by atoms with E-state index in [0.717, 1.165) is 11.5 Å². The van der Waals surface area contributed by atoms with Crippen molar-refractivity contribution in [2.24, 2.45) is 0 Å². The molecule has 0 aromatic rings. The highest BCUT2D eigenvalue weighted by Crippen LogP contribution is 2.38. The number of rotatable bonds is 2. The summed E-state index contributed by atoms with van der Waals surface area (Å²) in [6.07, 6.45) is 20.8. The van der Waals surface area contributed by atoms with E-state index in [1.54, 1.807) is 0 Å². The lowest BCUT2D eigenvalue weighted by molar-refractivity contribution is 0.330. The van der Waals surface area contributed by atoms with Gasteiger partial charge in [-0.3, -0.25) is 0 Å². The molecule has 0 bridgehead atoms. The molecule has 0 heterocycles. The van der Waals surface area contributed by atoms with Crippen molar-refractivity contribution in [3.05, 3.63) is 94.6 Å². The van der Waals surface area contributed by atoms with E-state index in [0.29, 0.717) is 0 Å². The molecule has 17 heavy (non-hydrogen) atoms. The van der Waals surface area contributed by atoms with E-state index in [4.69, 9.17) is 4.74 Å². The molecule has 0 aromatic carbocycles. The van der Waals surface area contributed by atoms with Crippen molar-refractivity contribution in [3.8, 4) is 0 Å². The van der Waals surface area contributed by atoms with Gasteiger partial charge in [0.15, 0.2) is 0 Å². The Morgan fingerprint density at radius 2 is 1.12 bits per heavy atom. The summed E-state index contributed by atoms with van der Waals surface area (Å²) in [5.74, 6) is 1.89. The van der Waals surface area contributed by atoms with Gasteiger partial charge in [-0.05, 0) is 23.3 Å². The summed E-state index contributed by atoms with van der Waals surface area (Å²) in [4.78, 5) is 0. The first-order valence-electron chi connectivity index (χ1n) is 5.72. The van der Waals surface area contributed by atoms with Crippen molar-refractivity contribution in [3.63, 3.8) is 0 Å². The van der Waals surface area contributed by atoms with Gasteiger partial charge in [-0.1, -0.05) is 48.6 Å². The zero-order valence-electron chi connectivity index (χ0n) is 9.18. The van der Waals surface area contributed by atoms with Gasteiger partial charge >= 0.3 is 0 Å². The van der Waals surface area contributed by atoms with Crippen LogP contribution in [0.15, 0.2) is 94.6 Å². The van der Waals surface area contributed by atoms with Crippen LogP contribution in [0, 0.1) is 0 Å². The maximum atomic E-state index is 6.00. The van der Waals surface area contributed by atoms with E-state index in [-0.39, 0.29) is 0 Å². The van der Waals surface area contributed by atoms with Crippen molar-refractivity contribution < 1.29 is 4.74 Å². The molecule has 0 spiro atoms. The van der Waals surface area contributed by atoms with Crippen LogP contribution in [0.25, 0.3) is 0 Å². The molecule has 4 rings (SSSR count). The molecule has 1 heteroatoms. The number of fused-ring (bicyclic) bond motifs is 2. The van der Waals surface area contributed by atoms with E-state index in [1.807, 2.05) is 12.2 Å². The lowest BCUT2D eigenvalue weighted by Gasteiger charge is -2.11. The number of allylic oxidation sites excluding steroid dienone is 12. The average Bonchev–Trinajstić information content (AvgIpc) is 3.03. The SMILES string of the molecule is C1=CC2=CC=C(OC3=CC=C4C=CC=C43)C2=C1. The quantitative estimate of drug-likeness (QED) is 0.687. The second-order valence-electron chi connectivity index (χ2n) is 4.29. The highest BCUT2D eigenvalue weighted by molar-refractivity contribution is 5.65. The van der Waals surface area contributed by atoms with E-state index >= 15 is 0 Å². The maximum absolute atomic E-state index is 6.00. The largest absolute Gasteiger partial charge is 0.456 e. The molecular weight excluding hydrogens is 208 g/mol. The van der Waals surface area contributed by atoms with Crippen molar-refractivity contribution >= 4 is 0 Å². The summed E-state index contributed by atoms with van der Waals surface area (Å²) in [5.41, 5.74) is 4.85. The smallest absolute Gasteiger partial charge is 0.135 e. The first-order chi connectivity index (χ1) is 8.42. The van der Waals surface area contributed by atoms with Crippen LogP contribution in [0.4, 0.5) is 0 Å². The zero-order chi connectivity index (χ0) is 11.2. The van der Waals surface area contributed by atoms with Gasteiger partial charge in [0.25, 0.3) is 0 Å². The van der Waals surface area contributed by atoms with Crippen LogP contribution < -0.4 is 0 Å². The lowest BCUT2D eigenvalue weighted by atomic mass is 10.1. The van der Waals surface area contributed by atoms with E-state index < -0.39 is 0 Å². The van der Waals surface area contributed by atoms with Crippen molar-refractivity contribution in [1.82, 2.24) is 0 Å². The summed E-state index contributed by atoms with van der Waals surface area (Å²) in [5, 5.41) is 0. The fourth-order valence-corrected chi connectivity index (χ4v) is 2.41. The van der Waals surface area contributed by atoms with Gasteiger partial charge in [-0.25, -0.2) is 0 Å². The summed E-state index contributed by atoms with van der Waals surface area (Å²) < 4.78 is 6.00. The van der Waals surface area contributed by atoms with Crippen molar-refractivity contribution in [2.75, 3.05) is 0 Å². The van der Waals surface area contributed by atoms with Crippen molar-refractivity contribution in [2.45, 2.75) is 0 Å². The predicted octanol–water partition coefficient (Wildman–Crippen LogP) is 3.64. The third-order valence-corrected chi connectivity index (χ3v) is 3.28. The van der Waals surface area contributed by atoms with Crippen LogP contribution in [0.2, 0.25) is 0 Å². The van der Waals surface area contributed by atoms with Crippen LogP contribution >= 0.6 is 0 Å². The van der Waals surface area contributed by atoms with Gasteiger partial charge < -0.3 is 4.74 Å². The molecule has 0 aromatic heterocycles. The second kappa shape index (κ2) is 3.11. The van der Waals surface area contributed by atoms with Crippen LogP contribution in [-0.2, 0) is 4.74 Å². The summed E-state index contributed by atoms with van der Waals surface area (Å²) in [6.45, 7) is 0. The molecule has 0 N–H and O–H groups in total. The first-order valence-corrected chi connectivity index (χ1v) is 5.72. The number of hydrogen-bond donors (Lipinski definition) is 0. The molecule has 0 unspecified atom stereocenters. The summed E-state index contributed by atoms with van der Waals surface area (Å²) in [6, 6.07) is 0. The lowest BCUT2D eigenvalue weighted by Crippen LogP contribution is -1.95. The topological polar surface area (TPSA) is 9.23 Å². The minimum Gasteiger partial charge on any atom is -0.456 e. The van der Waals surface area contributed by atoms with Gasteiger partial charge in [0.1, 0.15) is 11.5 Å². The van der Waals surface area contributed by atoms with Crippen LogP contribution in [0.5, 0.6) is 0 Å². The highest BCUT2D eigenvalue weighted by Gasteiger charge is 2.23. The average molecular weight is 218 g/mol. The molecule has 0 fully saturated rings. The van der Waals surface area contributed by atoms with E-state index in [2.05, 4.69) is 48.6 Å². The summed E-state index contributed by atoms with van der Waals surface area (Å²) >= 11 is 0. The molecule has 4 aliphatic carbocycles. The Kier molecular flexibility index (Phi) is 1.61. The molecule has 0 amide bonds. The monoisotopic (exact) mass is 218 g/mol. The Morgan fingerprint density at radius 3 is 1.65 bits per heavy atom. The Hall–Kier alpha value is -2.28. The molecule has 0 aliphatic heterocycles. The Balaban J connectivity index is 1.58. The molecule has 4 aliphatic rings. The van der Waals surface area contributed by atoms with Crippen molar-refractivity contribution in [1.29, 1.82) is 0 Å². The second-order valence-corrected chi connectivity index (χ2v) is 4.29. The predicted molar refractivity (Wildman–Crippen MR) is 67.9 cm³/mol. The zero-order valence-corrected chi connectivity index (χ0v) is 9.18. The van der Waals surface area contributed by atoms with Gasteiger partial charge in [0.05, 0.1) is 0 Å². The van der Waals surface area contributed by atoms with Crippen LogP contribution in [0.1, 0.15) is 0 Å². The van der Waals surface area contributed by atoms with E-state index in [1.165, 1.54) is 22.3 Å². The van der Waals surface area contributed by atoms with E-state index in [9.17, 15) is 0 Å².